The number of nitrogens with one attached hydrogen (secondary N) is 2. The molecule has 0 aliphatic heterocycles. The van der Waals surface area contributed by atoms with Gasteiger partial charge in [0.1, 0.15) is 11.6 Å². The molecule has 0 atom stereocenters. The van der Waals surface area contributed by atoms with Gasteiger partial charge in [-0.05, 0) is 18.6 Å². The largest absolute Gasteiger partial charge is 0.434 e. The first-order chi connectivity index (χ1) is 9.20. The van der Waals surface area contributed by atoms with Crippen molar-refractivity contribution in [3.05, 3.63) is 30.3 Å². The lowest BCUT2D eigenvalue weighted by molar-refractivity contribution is -0.0494. The third-order valence-electron chi connectivity index (χ3n) is 2.53. The zero-order valence-electron chi connectivity index (χ0n) is 10.5. The topological polar surface area (TPSA) is 49.9 Å². The molecule has 2 rings (SSSR count). The van der Waals surface area contributed by atoms with E-state index in [-0.39, 0.29) is 5.75 Å². The summed E-state index contributed by atoms with van der Waals surface area (Å²) in [6, 6.07) is 8.38. The molecule has 1 aromatic carbocycles. The Bertz CT molecular complexity index is 528. The fraction of sp³-hybridized carbons (Fsp3) is 0.308. The summed E-state index contributed by atoms with van der Waals surface area (Å²) in [6.45, 7) is 0.00740. The summed E-state index contributed by atoms with van der Waals surface area (Å²) >= 11 is 0. The standard InChI is InChI=1S/C13H15F2N3O/c1-2-7-16-12-8-10(17-18-12)9-5-3-4-6-11(9)19-13(14)15/h3-6,8,13H,2,7H2,1H3,(H2,16,17,18). The van der Waals surface area contributed by atoms with Gasteiger partial charge in [0.2, 0.25) is 0 Å². The van der Waals surface area contributed by atoms with Gasteiger partial charge >= 0.3 is 6.61 Å². The van der Waals surface area contributed by atoms with E-state index in [0.717, 1.165) is 13.0 Å². The van der Waals surface area contributed by atoms with Gasteiger partial charge in [0.05, 0.1) is 5.69 Å². The van der Waals surface area contributed by atoms with Crippen LogP contribution in [0.1, 0.15) is 13.3 Å². The number of nitrogens with zero attached hydrogens (tertiary/aromatic N) is 1. The molecular weight excluding hydrogens is 252 g/mol. The first kappa shape index (κ1) is 13.3. The molecule has 6 heteroatoms. The van der Waals surface area contributed by atoms with Crippen LogP contribution in [0.3, 0.4) is 0 Å². The number of alkyl halides is 2. The highest BCUT2D eigenvalue weighted by atomic mass is 19.3. The quantitative estimate of drug-likeness (QED) is 0.842. The fourth-order valence-electron chi connectivity index (χ4n) is 1.69. The van der Waals surface area contributed by atoms with Gasteiger partial charge in [-0.15, -0.1) is 0 Å². The lowest BCUT2D eigenvalue weighted by Gasteiger charge is -2.08. The summed E-state index contributed by atoms with van der Waals surface area (Å²) in [7, 11) is 0. The molecule has 0 saturated carbocycles. The maximum atomic E-state index is 12.3. The second-order valence-electron chi connectivity index (χ2n) is 3.97. The molecule has 0 radical (unpaired) electrons. The number of H-pyrrole nitrogens is 1. The van der Waals surface area contributed by atoms with Crippen molar-refractivity contribution in [2.45, 2.75) is 20.0 Å². The van der Waals surface area contributed by atoms with Crippen LogP contribution in [-0.2, 0) is 0 Å². The van der Waals surface area contributed by atoms with E-state index in [0.29, 0.717) is 17.1 Å². The van der Waals surface area contributed by atoms with E-state index in [9.17, 15) is 8.78 Å². The summed E-state index contributed by atoms with van der Waals surface area (Å²) in [5.74, 6) is 0.812. The van der Waals surface area contributed by atoms with Gasteiger partial charge in [-0.3, -0.25) is 5.10 Å². The molecule has 0 fully saturated rings. The Hall–Kier alpha value is -2.11. The molecular formula is C13H15F2N3O. The van der Waals surface area contributed by atoms with Crippen LogP contribution < -0.4 is 10.1 Å². The average Bonchev–Trinajstić information content (AvgIpc) is 2.85. The number of hydrogen-bond donors (Lipinski definition) is 2. The molecule has 0 aliphatic rings. The Labute approximate surface area is 109 Å². The Morgan fingerprint density at radius 1 is 1.37 bits per heavy atom. The van der Waals surface area contributed by atoms with E-state index in [4.69, 9.17) is 0 Å². The molecule has 1 aromatic heterocycles. The highest BCUT2D eigenvalue weighted by Crippen LogP contribution is 2.30. The predicted molar refractivity (Wildman–Crippen MR) is 69.4 cm³/mol. The Morgan fingerprint density at radius 3 is 2.89 bits per heavy atom. The third kappa shape index (κ3) is 3.43. The number of anilines is 1. The first-order valence-corrected chi connectivity index (χ1v) is 6.04. The van der Waals surface area contributed by atoms with Gasteiger partial charge < -0.3 is 10.1 Å². The zero-order valence-corrected chi connectivity index (χ0v) is 10.5. The summed E-state index contributed by atoms with van der Waals surface area (Å²) < 4.78 is 29.1. The van der Waals surface area contributed by atoms with E-state index in [1.807, 2.05) is 6.92 Å². The maximum Gasteiger partial charge on any atom is 0.387 e. The predicted octanol–water partition coefficient (Wildman–Crippen LogP) is 3.50. The second-order valence-corrected chi connectivity index (χ2v) is 3.97. The molecule has 0 aliphatic carbocycles. The maximum absolute atomic E-state index is 12.3. The molecule has 0 amide bonds. The van der Waals surface area contributed by atoms with Gasteiger partial charge in [0, 0.05) is 18.2 Å². The highest BCUT2D eigenvalue weighted by molar-refractivity contribution is 5.69. The van der Waals surface area contributed by atoms with Crippen molar-refractivity contribution in [1.82, 2.24) is 10.2 Å². The summed E-state index contributed by atoms with van der Waals surface area (Å²) in [4.78, 5) is 0. The van der Waals surface area contributed by atoms with Crippen LogP contribution >= 0.6 is 0 Å². The van der Waals surface area contributed by atoms with E-state index < -0.39 is 6.61 Å². The number of benzene rings is 1. The van der Waals surface area contributed by atoms with Crippen LogP contribution in [0.15, 0.2) is 30.3 Å². The van der Waals surface area contributed by atoms with Crippen LogP contribution in [0.5, 0.6) is 5.75 Å². The van der Waals surface area contributed by atoms with Crippen LogP contribution in [-0.4, -0.2) is 23.4 Å². The number of hydrogen-bond acceptors (Lipinski definition) is 3. The van der Waals surface area contributed by atoms with Crippen molar-refractivity contribution in [1.29, 1.82) is 0 Å². The number of rotatable bonds is 6. The molecule has 2 N–H and O–H groups in total. The average molecular weight is 267 g/mol. The second kappa shape index (κ2) is 6.17. The minimum absolute atomic E-state index is 0.128. The van der Waals surface area contributed by atoms with Crippen LogP contribution in [0, 0.1) is 0 Å². The first-order valence-electron chi connectivity index (χ1n) is 6.04. The van der Waals surface area contributed by atoms with Gasteiger partial charge in [-0.25, -0.2) is 0 Å². The van der Waals surface area contributed by atoms with E-state index >= 15 is 0 Å². The van der Waals surface area contributed by atoms with Crippen molar-refractivity contribution in [2.24, 2.45) is 0 Å². The van der Waals surface area contributed by atoms with Gasteiger partial charge in [-0.2, -0.15) is 13.9 Å². The van der Waals surface area contributed by atoms with Gasteiger partial charge in [-0.1, -0.05) is 19.1 Å². The molecule has 0 spiro atoms. The molecule has 0 saturated heterocycles. The molecule has 0 bridgehead atoms. The SMILES string of the molecule is CCCNc1cc(-c2ccccc2OC(F)F)[nH]n1. The van der Waals surface area contributed by atoms with Crippen molar-refractivity contribution < 1.29 is 13.5 Å². The zero-order chi connectivity index (χ0) is 13.7. The molecule has 2 aromatic rings. The lowest BCUT2D eigenvalue weighted by Crippen LogP contribution is -2.03. The van der Waals surface area contributed by atoms with E-state index in [1.165, 1.54) is 6.07 Å². The van der Waals surface area contributed by atoms with E-state index in [1.54, 1.807) is 24.3 Å². The van der Waals surface area contributed by atoms with Crippen LogP contribution in [0.4, 0.5) is 14.6 Å². The number of para-hydroxylation sites is 1. The molecule has 19 heavy (non-hydrogen) atoms. The summed E-state index contributed by atoms with van der Waals surface area (Å²) in [5.41, 5.74) is 1.19. The number of aromatic amines is 1. The Morgan fingerprint density at radius 2 is 2.16 bits per heavy atom. The Kier molecular flexibility index (Phi) is 4.33. The molecule has 0 unspecified atom stereocenters. The number of aromatic nitrogens is 2. The minimum Gasteiger partial charge on any atom is -0.434 e. The van der Waals surface area contributed by atoms with Crippen LogP contribution in [0.25, 0.3) is 11.3 Å². The van der Waals surface area contributed by atoms with Crippen LogP contribution in [0.2, 0.25) is 0 Å². The highest BCUT2D eigenvalue weighted by Gasteiger charge is 2.12. The smallest absolute Gasteiger partial charge is 0.387 e. The van der Waals surface area contributed by atoms with Gasteiger partial charge in [0.15, 0.2) is 0 Å². The molecule has 4 nitrogen and oxygen atoms in total. The fourth-order valence-corrected chi connectivity index (χ4v) is 1.69. The van der Waals surface area contributed by atoms with Crippen molar-refractivity contribution in [3.63, 3.8) is 0 Å². The molecule has 102 valence electrons. The third-order valence-corrected chi connectivity index (χ3v) is 2.53. The van der Waals surface area contributed by atoms with Crippen molar-refractivity contribution >= 4 is 5.82 Å². The number of ether oxygens (including phenoxy) is 1. The lowest BCUT2D eigenvalue weighted by atomic mass is 10.1. The normalized spacial score (nSPS) is 10.7. The monoisotopic (exact) mass is 267 g/mol. The van der Waals surface area contributed by atoms with Crippen molar-refractivity contribution in [3.8, 4) is 17.0 Å². The van der Waals surface area contributed by atoms with E-state index in [2.05, 4.69) is 20.3 Å². The Balaban J connectivity index is 2.23. The van der Waals surface area contributed by atoms with Gasteiger partial charge in [0.25, 0.3) is 0 Å². The summed E-state index contributed by atoms with van der Waals surface area (Å²) in [5, 5.41) is 9.99. The number of halogens is 2. The summed E-state index contributed by atoms with van der Waals surface area (Å²) in [6.07, 6.45) is 0.979. The van der Waals surface area contributed by atoms with Crippen molar-refractivity contribution in [2.75, 3.05) is 11.9 Å². The molecule has 1 heterocycles. The minimum atomic E-state index is -2.85.